The first kappa shape index (κ1) is 25.5. The third kappa shape index (κ3) is 5.92. The molecule has 1 atom stereocenters. The SMILES string of the molecule is CCN(Cc1ccc(C(=O)N2CCNCC2c2ccccc2OC)cc1)C1CC1.Cl.Cl. The van der Waals surface area contributed by atoms with Crippen LogP contribution in [0.1, 0.15) is 47.3 Å². The molecular formula is C24H33Cl2N3O2. The summed E-state index contributed by atoms with van der Waals surface area (Å²) < 4.78 is 5.55. The van der Waals surface area contributed by atoms with Crippen molar-refractivity contribution in [2.75, 3.05) is 33.3 Å². The molecule has 2 aliphatic rings. The summed E-state index contributed by atoms with van der Waals surface area (Å²) in [7, 11) is 1.68. The number of carbonyl (C=O) groups excluding carboxylic acids is 1. The molecule has 1 heterocycles. The van der Waals surface area contributed by atoms with Crippen LogP contribution in [0.5, 0.6) is 5.75 Å². The molecule has 5 nitrogen and oxygen atoms in total. The number of halogens is 2. The Hall–Kier alpha value is -1.79. The number of hydrogen-bond donors (Lipinski definition) is 1. The molecule has 0 bridgehead atoms. The number of nitrogens with one attached hydrogen (secondary N) is 1. The van der Waals surface area contributed by atoms with Gasteiger partial charge < -0.3 is 15.0 Å². The molecule has 1 amide bonds. The lowest BCUT2D eigenvalue weighted by Gasteiger charge is -2.37. The largest absolute Gasteiger partial charge is 0.496 e. The number of piperazine rings is 1. The number of carbonyl (C=O) groups is 1. The van der Waals surface area contributed by atoms with E-state index in [1.807, 2.05) is 35.2 Å². The summed E-state index contributed by atoms with van der Waals surface area (Å²) in [6.45, 7) is 6.49. The van der Waals surface area contributed by atoms with E-state index in [0.717, 1.165) is 49.1 Å². The Morgan fingerprint density at radius 1 is 1.13 bits per heavy atom. The van der Waals surface area contributed by atoms with E-state index in [4.69, 9.17) is 4.74 Å². The number of benzene rings is 2. The monoisotopic (exact) mass is 465 g/mol. The van der Waals surface area contributed by atoms with E-state index in [0.29, 0.717) is 6.54 Å². The van der Waals surface area contributed by atoms with Crippen LogP contribution < -0.4 is 10.1 Å². The van der Waals surface area contributed by atoms with Crippen LogP contribution in [0.15, 0.2) is 48.5 Å². The van der Waals surface area contributed by atoms with Crippen molar-refractivity contribution in [3.05, 3.63) is 65.2 Å². The average molecular weight is 466 g/mol. The van der Waals surface area contributed by atoms with Crippen LogP contribution >= 0.6 is 24.8 Å². The molecule has 1 aliphatic heterocycles. The van der Waals surface area contributed by atoms with Gasteiger partial charge in [0.15, 0.2) is 0 Å². The van der Waals surface area contributed by atoms with Crippen LogP contribution in [0, 0.1) is 0 Å². The number of rotatable bonds is 7. The van der Waals surface area contributed by atoms with Gasteiger partial charge in [0.25, 0.3) is 5.91 Å². The molecule has 1 saturated carbocycles. The van der Waals surface area contributed by atoms with Gasteiger partial charge in [-0.3, -0.25) is 9.69 Å². The van der Waals surface area contributed by atoms with Crippen LogP contribution in [0.4, 0.5) is 0 Å². The fraction of sp³-hybridized carbons (Fsp3) is 0.458. The van der Waals surface area contributed by atoms with E-state index >= 15 is 0 Å². The van der Waals surface area contributed by atoms with Crippen molar-refractivity contribution in [3.63, 3.8) is 0 Å². The van der Waals surface area contributed by atoms with Crippen LogP contribution in [0.3, 0.4) is 0 Å². The highest BCUT2D eigenvalue weighted by molar-refractivity contribution is 5.94. The van der Waals surface area contributed by atoms with Gasteiger partial charge in [-0.1, -0.05) is 37.3 Å². The molecule has 31 heavy (non-hydrogen) atoms. The van der Waals surface area contributed by atoms with Gasteiger partial charge in [-0.25, -0.2) is 0 Å². The fourth-order valence-electron chi connectivity index (χ4n) is 4.26. The van der Waals surface area contributed by atoms with E-state index in [1.165, 1.54) is 18.4 Å². The molecule has 1 N–H and O–H groups in total. The molecule has 2 fully saturated rings. The Morgan fingerprint density at radius 3 is 2.48 bits per heavy atom. The molecule has 2 aromatic carbocycles. The third-order valence-corrected chi connectivity index (χ3v) is 6.06. The van der Waals surface area contributed by atoms with Crippen molar-refractivity contribution >= 4 is 30.7 Å². The van der Waals surface area contributed by atoms with Gasteiger partial charge in [0.2, 0.25) is 0 Å². The summed E-state index contributed by atoms with van der Waals surface area (Å²) in [5, 5.41) is 3.42. The van der Waals surface area contributed by atoms with E-state index in [1.54, 1.807) is 7.11 Å². The number of amides is 1. The van der Waals surface area contributed by atoms with Crippen molar-refractivity contribution in [3.8, 4) is 5.75 Å². The van der Waals surface area contributed by atoms with Gasteiger partial charge in [0, 0.05) is 43.3 Å². The van der Waals surface area contributed by atoms with Gasteiger partial charge >= 0.3 is 0 Å². The molecule has 170 valence electrons. The quantitative estimate of drug-likeness (QED) is 0.661. The lowest BCUT2D eigenvalue weighted by molar-refractivity contribution is 0.0631. The van der Waals surface area contributed by atoms with Gasteiger partial charge in [0.05, 0.1) is 13.2 Å². The number of ether oxygens (including phenoxy) is 1. The number of methoxy groups -OCH3 is 1. The standard InChI is InChI=1S/C24H31N3O2.2ClH/c1-3-26(20-12-13-20)17-18-8-10-19(11-9-18)24(28)27-15-14-25-16-22(27)21-6-4-5-7-23(21)29-2;;/h4-11,20,22,25H,3,12-17H2,1-2H3;2*1H. The van der Waals surface area contributed by atoms with Crippen LogP contribution in [-0.4, -0.2) is 55.0 Å². The molecule has 0 spiro atoms. The highest BCUT2D eigenvalue weighted by Crippen LogP contribution is 2.31. The van der Waals surface area contributed by atoms with Gasteiger partial charge in [0.1, 0.15) is 5.75 Å². The molecular weight excluding hydrogens is 433 g/mol. The van der Waals surface area contributed by atoms with E-state index < -0.39 is 0 Å². The maximum absolute atomic E-state index is 13.3. The second kappa shape index (κ2) is 11.7. The van der Waals surface area contributed by atoms with Gasteiger partial charge in [-0.15, -0.1) is 24.8 Å². The van der Waals surface area contributed by atoms with Crippen LogP contribution in [0.25, 0.3) is 0 Å². The zero-order valence-corrected chi connectivity index (χ0v) is 19.9. The maximum Gasteiger partial charge on any atom is 0.254 e. The molecule has 4 rings (SSSR count). The first-order valence-corrected chi connectivity index (χ1v) is 10.7. The predicted molar refractivity (Wildman–Crippen MR) is 130 cm³/mol. The van der Waals surface area contributed by atoms with E-state index in [9.17, 15) is 4.79 Å². The number of para-hydroxylation sites is 1. The normalized spacial score (nSPS) is 18.2. The third-order valence-electron chi connectivity index (χ3n) is 6.06. The van der Waals surface area contributed by atoms with Gasteiger partial charge in [-0.2, -0.15) is 0 Å². The molecule has 2 aromatic rings. The predicted octanol–water partition coefficient (Wildman–Crippen LogP) is 4.31. The number of nitrogens with zero attached hydrogens (tertiary/aromatic N) is 2. The Balaban J connectivity index is 0.00000171. The highest BCUT2D eigenvalue weighted by atomic mass is 35.5. The van der Waals surface area contributed by atoms with Crippen molar-refractivity contribution < 1.29 is 9.53 Å². The zero-order chi connectivity index (χ0) is 20.2. The summed E-state index contributed by atoms with van der Waals surface area (Å²) in [4.78, 5) is 17.8. The fourth-order valence-corrected chi connectivity index (χ4v) is 4.26. The second-order valence-corrected chi connectivity index (χ2v) is 7.95. The highest BCUT2D eigenvalue weighted by Gasteiger charge is 2.31. The lowest BCUT2D eigenvalue weighted by Crippen LogP contribution is -2.48. The Bertz CT molecular complexity index is 843. The van der Waals surface area contributed by atoms with Crippen LogP contribution in [0.2, 0.25) is 0 Å². The average Bonchev–Trinajstić information content (AvgIpc) is 3.63. The first-order valence-electron chi connectivity index (χ1n) is 10.7. The van der Waals surface area contributed by atoms with Crippen LogP contribution in [-0.2, 0) is 6.54 Å². The minimum atomic E-state index is -0.0301. The number of hydrogen-bond acceptors (Lipinski definition) is 4. The molecule has 0 radical (unpaired) electrons. The minimum Gasteiger partial charge on any atom is -0.496 e. The summed E-state index contributed by atoms with van der Waals surface area (Å²) in [6.07, 6.45) is 2.63. The van der Waals surface area contributed by atoms with E-state index in [2.05, 4.69) is 35.3 Å². The lowest BCUT2D eigenvalue weighted by atomic mass is 10.0. The topological polar surface area (TPSA) is 44.8 Å². The van der Waals surface area contributed by atoms with Crippen molar-refractivity contribution in [2.24, 2.45) is 0 Å². The van der Waals surface area contributed by atoms with Crippen molar-refractivity contribution in [1.29, 1.82) is 0 Å². The summed E-state index contributed by atoms with van der Waals surface area (Å²) in [5.74, 6) is 0.914. The van der Waals surface area contributed by atoms with E-state index in [-0.39, 0.29) is 36.8 Å². The first-order chi connectivity index (χ1) is 14.2. The minimum absolute atomic E-state index is 0. The maximum atomic E-state index is 13.3. The summed E-state index contributed by atoms with van der Waals surface area (Å²) in [5.41, 5.74) is 3.08. The molecule has 7 heteroatoms. The zero-order valence-electron chi connectivity index (χ0n) is 18.3. The van der Waals surface area contributed by atoms with Crippen molar-refractivity contribution in [1.82, 2.24) is 15.1 Å². The molecule has 0 aromatic heterocycles. The molecule has 1 unspecified atom stereocenters. The smallest absolute Gasteiger partial charge is 0.254 e. The Morgan fingerprint density at radius 2 is 1.84 bits per heavy atom. The Kier molecular flexibility index (Phi) is 9.63. The summed E-state index contributed by atoms with van der Waals surface area (Å²) in [6, 6.07) is 16.9. The second-order valence-electron chi connectivity index (χ2n) is 7.95. The molecule has 1 saturated heterocycles. The van der Waals surface area contributed by atoms with Gasteiger partial charge in [-0.05, 0) is 43.1 Å². The summed E-state index contributed by atoms with van der Waals surface area (Å²) >= 11 is 0. The van der Waals surface area contributed by atoms with Crippen molar-refractivity contribution in [2.45, 2.75) is 38.4 Å². The Labute approximate surface area is 198 Å². The molecule has 1 aliphatic carbocycles.